The van der Waals surface area contributed by atoms with Crippen LogP contribution in [0.3, 0.4) is 0 Å². The van der Waals surface area contributed by atoms with Gasteiger partial charge in [0.2, 0.25) is 5.91 Å². The maximum atomic E-state index is 12.7. The van der Waals surface area contributed by atoms with Crippen molar-refractivity contribution in [2.45, 2.75) is 19.8 Å². The van der Waals surface area contributed by atoms with Gasteiger partial charge in [-0.05, 0) is 30.5 Å². The van der Waals surface area contributed by atoms with Crippen LogP contribution in [0.15, 0.2) is 30.6 Å². The van der Waals surface area contributed by atoms with Crippen molar-refractivity contribution in [1.29, 1.82) is 0 Å². The summed E-state index contributed by atoms with van der Waals surface area (Å²) in [5.74, 6) is 0.192. The Morgan fingerprint density at radius 2 is 2.00 bits per heavy atom. The lowest BCUT2D eigenvalue weighted by Gasteiger charge is -2.19. The molecule has 1 aromatic carbocycles. The Morgan fingerprint density at radius 1 is 1.30 bits per heavy atom. The second kappa shape index (κ2) is 7.15. The van der Waals surface area contributed by atoms with Gasteiger partial charge < -0.3 is 10.6 Å². The number of hydrogen-bond donors (Lipinski definition) is 2. The smallest absolute Gasteiger partial charge is 0.229 e. The molecule has 0 aliphatic carbocycles. The van der Waals surface area contributed by atoms with E-state index >= 15 is 0 Å². The number of carbonyl (C=O) groups is 1. The zero-order valence-electron chi connectivity index (χ0n) is 13.7. The van der Waals surface area contributed by atoms with Gasteiger partial charge in [-0.3, -0.25) is 9.48 Å². The fourth-order valence-electron chi connectivity index (χ4n) is 3.16. The van der Waals surface area contributed by atoms with Crippen LogP contribution >= 0.6 is 12.4 Å². The molecular weight excluding hydrogens is 312 g/mol. The van der Waals surface area contributed by atoms with E-state index < -0.39 is 0 Å². The third-order valence-electron chi connectivity index (χ3n) is 4.43. The number of carbonyl (C=O) groups excluding carboxylic acids is 1. The van der Waals surface area contributed by atoms with Crippen LogP contribution in [0.1, 0.15) is 22.6 Å². The fourth-order valence-corrected chi connectivity index (χ4v) is 3.16. The molecule has 6 heteroatoms. The van der Waals surface area contributed by atoms with Crippen LogP contribution in [-0.4, -0.2) is 28.8 Å². The van der Waals surface area contributed by atoms with E-state index in [2.05, 4.69) is 15.7 Å². The van der Waals surface area contributed by atoms with Gasteiger partial charge in [0.1, 0.15) is 0 Å². The van der Waals surface area contributed by atoms with Crippen LogP contribution in [0.2, 0.25) is 0 Å². The first-order valence-corrected chi connectivity index (χ1v) is 7.62. The molecule has 0 radical (unpaired) electrons. The Hall–Kier alpha value is -1.85. The van der Waals surface area contributed by atoms with E-state index in [1.807, 2.05) is 51.5 Å². The minimum Gasteiger partial charge on any atom is -0.325 e. The predicted octanol–water partition coefficient (Wildman–Crippen LogP) is 2.40. The molecule has 1 aliphatic heterocycles. The molecule has 2 atom stereocenters. The van der Waals surface area contributed by atoms with Crippen molar-refractivity contribution in [3.05, 3.63) is 47.3 Å². The van der Waals surface area contributed by atoms with Gasteiger partial charge in [-0.25, -0.2) is 0 Å². The summed E-state index contributed by atoms with van der Waals surface area (Å²) in [5, 5.41) is 10.7. The molecule has 0 unspecified atom stereocenters. The van der Waals surface area contributed by atoms with Crippen molar-refractivity contribution in [1.82, 2.24) is 15.1 Å². The van der Waals surface area contributed by atoms with Gasteiger partial charge in [0.15, 0.2) is 0 Å². The van der Waals surface area contributed by atoms with Crippen LogP contribution in [0.4, 0.5) is 5.69 Å². The number of nitrogens with zero attached hydrogens (tertiary/aromatic N) is 2. The van der Waals surface area contributed by atoms with Crippen LogP contribution in [0.25, 0.3) is 0 Å². The number of aromatic nitrogens is 2. The normalized spacial score (nSPS) is 20.1. The van der Waals surface area contributed by atoms with Crippen LogP contribution in [0.5, 0.6) is 0 Å². The minimum absolute atomic E-state index is 0. The van der Waals surface area contributed by atoms with Crippen molar-refractivity contribution in [3.8, 4) is 0 Å². The maximum absolute atomic E-state index is 12.7. The third-order valence-corrected chi connectivity index (χ3v) is 4.43. The molecule has 1 aromatic heterocycles. The van der Waals surface area contributed by atoms with E-state index in [9.17, 15) is 4.79 Å². The second-order valence-corrected chi connectivity index (χ2v) is 6.07. The maximum Gasteiger partial charge on any atom is 0.229 e. The highest BCUT2D eigenvalue weighted by Crippen LogP contribution is 2.29. The predicted molar refractivity (Wildman–Crippen MR) is 94.1 cm³/mol. The van der Waals surface area contributed by atoms with Crippen molar-refractivity contribution in [2.24, 2.45) is 13.0 Å². The molecule has 0 saturated carbocycles. The highest BCUT2D eigenvalue weighted by molar-refractivity contribution is 5.95. The molecule has 1 aliphatic rings. The number of benzene rings is 1. The first kappa shape index (κ1) is 17.5. The Balaban J connectivity index is 0.00000192. The molecule has 0 bridgehead atoms. The molecule has 5 nitrogen and oxygen atoms in total. The Bertz CT molecular complexity index is 677. The van der Waals surface area contributed by atoms with Crippen molar-refractivity contribution in [3.63, 3.8) is 0 Å². The minimum atomic E-state index is -0.0665. The number of para-hydroxylation sites is 1. The van der Waals surface area contributed by atoms with Gasteiger partial charge in [-0.1, -0.05) is 18.2 Å². The largest absolute Gasteiger partial charge is 0.325 e. The van der Waals surface area contributed by atoms with E-state index in [1.54, 1.807) is 4.68 Å². The van der Waals surface area contributed by atoms with Gasteiger partial charge in [0.25, 0.3) is 0 Å². The summed E-state index contributed by atoms with van der Waals surface area (Å²) in [7, 11) is 1.90. The lowest BCUT2D eigenvalue weighted by atomic mass is 9.90. The van der Waals surface area contributed by atoms with E-state index in [-0.39, 0.29) is 30.2 Å². The Kier molecular flexibility index (Phi) is 5.44. The molecule has 2 N–H and O–H groups in total. The molecule has 3 rings (SSSR count). The van der Waals surface area contributed by atoms with E-state index in [0.29, 0.717) is 6.54 Å². The van der Waals surface area contributed by atoms with E-state index in [1.165, 1.54) is 0 Å². The van der Waals surface area contributed by atoms with Gasteiger partial charge in [-0.2, -0.15) is 5.10 Å². The molecule has 2 aromatic rings. The summed E-state index contributed by atoms with van der Waals surface area (Å²) in [6.45, 7) is 5.56. The summed E-state index contributed by atoms with van der Waals surface area (Å²) in [6, 6.07) is 6.05. The lowest BCUT2D eigenvalue weighted by molar-refractivity contribution is -0.119. The number of hydrogen-bond acceptors (Lipinski definition) is 3. The number of rotatable bonds is 3. The van der Waals surface area contributed by atoms with Gasteiger partial charge in [0.05, 0.1) is 12.1 Å². The molecule has 1 fully saturated rings. The van der Waals surface area contributed by atoms with Crippen molar-refractivity contribution in [2.75, 3.05) is 18.4 Å². The molecule has 2 heterocycles. The highest BCUT2D eigenvalue weighted by atomic mass is 35.5. The number of halogens is 1. The fraction of sp³-hybridized carbons (Fsp3) is 0.412. The van der Waals surface area contributed by atoms with Crippen LogP contribution < -0.4 is 10.6 Å². The van der Waals surface area contributed by atoms with Gasteiger partial charge in [0, 0.05) is 37.9 Å². The van der Waals surface area contributed by atoms with Crippen molar-refractivity contribution >= 4 is 24.0 Å². The third kappa shape index (κ3) is 3.57. The first-order valence-electron chi connectivity index (χ1n) is 7.62. The summed E-state index contributed by atoms with van der Waals surface area (Å²) in [6.07, 6.45) is 3.86. The molecule has 23 heavy (non-hydrogen) atoms. The van der Waals surface area contributed by atoms with E-state index in [4.69, 9.17) is 0 Å². The highest BCUT2D eigenvalue weighted by Gasteiger charge is 2.34. The number of amides is 1. The number of aryl methyl sites for hydroxylation is 3. The summed E-state index contributed by atoms with van der Waals surface area (Å²) in [4.78, 5) is 12.7. The quantitative estimate of drug-likeness (QED) is 0.906. The van der Waals surface area contributed by atoms with Crippen LogP contribution in [-0.2, 0) is 11.8 Å². The molecule has 1 amide bonds. The second-order valence-electron chi connectivity index (χ2n) is 6.07. The topological polar surface area (TPSA) is 59.0 Å². The average Bonchev–Trinajstić information content (AvgIpc) is 3.11. The molecule has 0 spiro atoms. The lowest BCUT2D eigenvalue weighted by Crippen LogP contribution is -2.28. The Labute approximate surface area is 142 Å². The average molecular weight is 335 g/mol. The Morgan fingerprint density at radius 3 is 2.61 bits per heavy atom. The summed E-state index contributed by atoms with van der Waals surface area (Å²) >= 11 is 0. The number of nitrogens with one attached hydrogen (secondary N) is 2. The molecule has 1 saturated heterocycles. The zero-order chi connectivity index (χ0) is 15.7. The molecule has 124 valence electrons. The SMILES string of the molecule is Cc1cccc(C)c1NC(=O)[C@H]1CNC[C@@H]1c1cnn(C)c1.Cl. The summed E-state index contributed by atoms with van der Waals surface area (Å²) < 4.78 is 1.79. The first-order chi connectivity index (χ1) is 10.6. The monoisotopic (exact) mass is 334 g/mol. The van der Waals surface area contributed by atoms with E-state index in [0.717, 1.165) is 28.9 Å². The van der Waals surface area contributed by atoms with Gasteiger partial charge in [-0.15, -0.1) is 12.4 Å². The van der Waals surface area contributed by atoms with Gasteiger partial charge >= 0.3 is 0 Å². The molecular formula is C17H23ClN4O. The summed E-state index contributed by atoms with van der Waals surface area (Å²) in [5.41, 5.74) is 4.24. The van der Waals surface area contributed by atoms with Crippen LogP contribution in [0, 0.1) is 19.8 Å². The number of anilines is 1. The van der Waals surface area contributed by atoms with Crippen molar-refractivity contribution < 1.29 is 4.79 Å². The zero-order valence-corrected chi connectivity index (χ0v) is 14.5. The standard InChI is InChI=1S/C17H22N4O.ClH/c1-11-5-4-6-12(2)16(11)20-17(22)15-9-18-8-14(15)13-7-19-21(3)10-13;/h4-7,10,14-15,18H,8-9H2,1-3H3,(H,20,22);1H/t14-,15+;/m1./s1.